The van der Waals surface area contributed by atoms with Crippen molar-refractivity contribution in [3.63, 3.8) is 0 Å². The first-order valence-electron chi connectivity index (χ1n) is 31.3. The van der Waals surface area contributed by atoms with Crippen LogP contribution < -0.4 is 31.3 Å². The Morgan fingerprint density at radius 3 is 1.67 bits per heavy atom. The van der Waals surface area contributed by atoms with Crippen LogP contribution in [0.3, 0.4) is 0 Å². The van der Waals surface area contributed by atoms with E-state index in [9.17, 15) is 5.26 Å². The molecule has 0 aliphatic rings. The van der Waals surface area contributed by atoms with Crippen molar-refractivity contribution in [3.05, 3.63) is 298 Å². The van der Waals surface area contributed by atoms with Crippen LogP contribution >= 0.6 is 46.4 Å². The molecule has 13 aromatic rings. The largest absolute Gasteiger partial charge is 0.494 e. The van der Waals surface area contributed by atoms with E-state index in [2.05, 4.69) is 223 Å². The molecule has 0 saturated heterocycles. The van der Waals surface area contributed by atoms with Gasteiger partial charge in [-0.2, -0.15) is 5.26 Å². The Balaban J connectivity index is 1.18. The lowest BCUT2D eigenvalue weighted by molar-refractivity contribution is 0.322. The highest BCUT2D eigenvalue weighted by Gasteiger charge is 2.38. The Bertz CT molecular complexity index is 5100. The van der Waals surface area contributed by atoms with E-state index < -0.39 is 19.7 Å². The standard InChI is InChI=1S/C80H61B2Cl4N7O2/c1-5-94-60-40-38-56(39-41-60)78(92(4)81(65-34-16-23-53-20-9-12-31-61(53)65)66-35-17-24-54-21-10-13-32-62(54)66)48-79(64(49-87)77-51-90-75-46-71(85)72(86)47-76(75)91-77)93(52(2)50-89-74-45-70(84)69(83)44-73(74)88-3)82(67-36-18-25-55-22-11-14-33-63(55)67)68-37-19-28-57-26-15-27-58(80(57)68)42-43-95-59-29-7-6-8-30-59/h6-41,44-48,50-52H,3,5,42-43H2,1-2,4H3/b78-48+,79-64-,89-50-/t52-/m0/s1. The maximum Gasteiger partial charge on any atom is 0.325 e. The molecule has 13 rings (SSSR count). The number of rotatable bonds is 21. The highest BCUT2D eigenvalue weighted by atomic mass is 35.5. The van der Waals surface area contributed by atoms with Gasteiger partial charge in [0.15, 0.2) is 0 Å². The van der Waals surface area contributed by atoms with Gasteiger partial charge in [-0.3, -0.25) is 15.0 Å². The molecule has 12 aromatic carbocycles. The molecule has 0 saturated carbocycles. The Labute approximate surface area is 573 Å². The second-order valence-electron chi connectivity index (χ2n) is 23.1. The Morgan fingerprint density at radius 1 is 0.579 bits per heavy atom. The average molecular weight is 1320 g/mol. The van der Waals surface area contributed by atoms with Gasteiger partial charge < -0.3 is 19.1 Å². The molecule has 0 unspecified atom stereocenters. The fourth-order valence-electron chi connectivity index (χ4n) is 13.0. The zero-order valence-electron chi connectivity index (χ0n) is 52.3. The van der Waals surface area contributed by atoms with Crippen LogP contribution in [0.5, 0.6) is 11.5 Å². The van der Waals surface area contributed by atoms with Crippen LogP contribution in [-0.4, -0.2) is 72.5 Å². The number of para-hydroxylation sites is 1. The number of aromatic nitrogens is 2. The first-order chi connectivity index (χ1) is 46.5. The van der Waals surface area contributed by atoms with Crippen LogP contribution in [0.2, 0.25) is 20.1 Å². The molecule has 1 atom stereocenters. The second-order valence-corrected chi connectivity index (χ2v) is 24.7. The SMILES string of the molecule is C=Nc1cc(Cl)c(Cl)cc1/N=C\[C@H](C)N(B(c1cccc2ccccc12)c1cccc2cccc(CCOc3ccccc3)c12)C(/C=C(\c1ccc(OCC)cc1)N(C)B(c1cccc2ccccc12)c1cccc2ccccc12)=C(/C#N)c1cnc2cc(Cl)c(Cl)cc2n1. The van der Waals surface area contributed by atoms with Crippen molar-refractivity contribution in [3.8, 4) is 17.6 Å². The summed E-state index contributed by atoms with van der Waals surface area (Å²) in [5.41, 5.74) is 9.44. The number of hydrogen-bond donors (Lipinski definition) is 0. The fourth-order valence-corrected chi connectivity index (χ4v) is 13.6. The number of benzene rings is 12. The predicted octanol–water partition coefficient (Wildman–Crippen LogP) is 18.1. The quantitative estimate of drug-likeness (QED) is 0.0306. The predicted molar refractivity (Wildman–Crippen MR) is 402 cm³/mol. The molecule has 95 heavy (non-hydrogen) atoms. The molecule has 0 spiro atoms. The third-order valence-corrected chi connectivity index (χ3v) is 18.8. The van der Waals surface area contributed by atoms with Gasteiger partial charge in [0.25, 0.3) is 0 Å². The summed E-state index contributed by atoms with van der Waals surface area (Å²) in [5, 5.41) is 22.2. The van der Waals surface area contributed by atoms with E-state index in [1.807, 2.05) is 55.6 Å². The highest BCUT2D eigenvalue weighted by Crippen LogP contribution is 2.38. The van der Waals surface area contributed by atoms with Crippen LogP contribution in [0.1, 0.15) is 30.7 Å². The number of aliphatic imine (C=N–C) groups is 2. The van der Waals surface area contributed by atoms with E-state index in [-0.39, 0.29) is 11.3 Å². The van der Waals surface area contributed by atoms with Crippen molar-refractivity contribution in [2.75, 3.05) is 20.3 Å². The summed E-state index contributed by atoms with van der Waals surface area (Å²) in [7, 11) is 2.14. The summed E-state index contributed by atoms with van der Waals surface area (Å²) in [4.78, 5) is 24.6. The van der Waals surface area contributed by atoms with Crippen LogP contribution in [0.15, 0.2) is 271 Å². The molecule has 0 radical (unpaired) electrons. The normalized spacial score (nSPS) is 12.3. The molecule has 15 heteroatoms. The van der Waals surface area contributed by atoms with E-state index in [1.54, 1.807) is 30.5 Å². The van der Waals surface area contributed by atoms with Gasteiger partial charge >= 0.3 is 13.7 Å². The first-order valence-corrected chi connectivity index (χ1v) is 32.8. The summed E-state index contributed by atoms with van der Waals surface area (Å²) < 4.78 is 12.7. The lowest BCUT2D eigenvalue weighted by Crippen LogP contribution is -2.60. The number of ether oxygens (including phenoxy) is 2. The van der Waals surface area contributed by atoms with Crippen LogP contribution in [0.25, 0.3) is 65.4 Å². The maximum absolute atomic E-state index is 12.6. The van der Waals surface area contributed by atoms with E-state index in [4.69, 9.17) is 70.8 Å². The summed E-state index contributed by atoms with van der Waals surface area (Å²) >= 11 is 27.0. The van der Waals surface area contributed by atoms with E-state index in [0.717, 1.165) is 87.5 Å². The first kappa shape index (κ1) is 63.6. The summed E-state index contributed by atoms with van der Waals surface area (Å²) in [5.74, 6) is 1.48. The molecule has 0 N–H and O–H groups in total. The number of fused-ring (bicyclic) bond motifs is 5. The second kappa shape index (κ2) is 28.6. The molecule has 0 aliphatic heterocycles. The lowest BCUT2D eigenvalue weighted by Gasteiger charge is -2.39. The Hall–Kier alpha value is -10.2. The van der Waals surface area contributed by atoms with Gasteiger partial charge in [-0.25, -0.2) is 4.98 Å². The molecule has 462 valence electrons. The zero-order chi connectivity index (χ0) is 65.5. The number of nitrogens with zero attached hydrogens (tertiary/aromatic N) is 7. The molecular formula is C80H61B2Cl4N7O2. The zero-order valence-corrected chi connectivity index (χ0v) is 55.4. The molecule has 9 nitrogen and oxygen atoms in total. The summed E-state index contributed by atoms with van der Waals surface area (Å²) in [6.07, 6.45) is 6.23. The Kier molecular flexibility index (Phi) is 19.1. The molecule has 1 aromatic heterocycles. The van der Waals surface area contributed by atoms with Crippen molar-refractivity contribution in [2.24, 2.45) is 9.98 Å². The van der Waals surface area contributed by atoms with Crippen molar-refractivity contribution in [2.45, 2.75) is 26.3 Å². The summed E-state index contributed by atoms with van der Waals surface area (Å²) in [6, 6.07) is 84.6. The van der Waals surface area contributed by atoms with Gasteiger partial charge in [0, 0.05) is 24.0 Å². The maximum atomic E-state index is 12.6. The molecule has 0 bridgehead atoms. The average Bonchev–Trinajstić information content (AvgIpc) is 0.760. The van der Waals surface area contributed by atoms with Crippen molar-refractivity contribution >= 4 is 172 Å². The highest BCUT2D eigenvalue weighted by molar-refractivity contribution is 6.88. The third kappa shape index (κ3) is 13.2. The molecule has 0 aliphatic carbocycles. The smallest absolute Gasteiger partial charge is 0.325 e. The van der Waals surface area contributed by atoms with E-state index >= 15 is 0 Å². The third-order valence-electron chi connectivity index (χ3n) is 17.4. The minimum absolute atomic E-state index is 0.194. The van der Waals surface area contributed by atoms with Crippen molar-refractivity contribution in [1.82, 2.24) is 19.6 Å². The minimum Gasteiger partial charge on any atom is -0.494 e. The van der Waals surface area contributed by atoms with Gasteiger partial charge in [0.05, 0.1) is 68.0 Å². The molecule has 0 fully saturated rings. The fraction of sp³-hybridized carbons (Fsp3) is 0.0875. The van der Waals surface area contributed by atoms with Gasteiger partial charge in [-0.1, -0.05) is 228 Å². The van der Waals surface area contributed by atoms with Gasteiger partial charge in [0.1, 0.15) is 28.8 Å². The number of halogens is 4. The van der Waals surface area contributed by atoms with Crippen molar-refractivity contribution < 1.29 is 9.47 Å². The summed E-state index contributed by atoms with van der Waals surface area (Å²) in [6.45, 7) is 7.67. The monoisotopic (exact) mass is 1310 g/mol. The van der Waals surface area contributed by atoms with E-state index in [1.165, 1.54) is 0 Å². The van der Waals surface area contributed by atoms with Gasteiger partial charge in [-0.05, 0) is 170 Å². The number of hydrogen-bond acceptors (Lipinski definition) is 9. The minimum atomic E-state index is -0.733. The van der Waals surface area contributed by atoms with Crippen LogP contribution in [0, 0.1) is 11.3 Å². The van der Waals surface area contributed by atoms with Gasteiger partial charge in [-0.15, -0.1) is 0 Å². The Morgan fingerprint density at radius 2 is 1.08 bits per heavy atom. The van der Waals surface area contributed by atoms with Crippen LogP contribution in [-0.2, 0) is 6.42 Å². The molecular weight excluding hydrogens is 1250 g/mol. The number of nitriles is 1. The molecule has 0 amide bonds. The lowest BCUT2D eigenvalue weighted by atomic mass is 9.46. The molecule has 1 heterocycles. The van der Waals surface area contributed by atoms with Crippen LogP contribution in [0.4, 0.5) is 11.4 Å². The topological polar surface area (TPSA) is 99.2 Å². The van der Waals surface area contributed by atoms with Crippen molar-refractivity contribution in [1.29, 1.82) is 5.26 Å². The van der Waals surface area contributed by atoms with E-state index in [0.29, 0.717) is 73.6 Å². The number of allylic oxidation sites excluding steroid dienone is 2. The van der Waals surface area contributed by atoms with Gasteiger partial charge in [0.2, 0.25) is 0 Å².